The largest absolute Gasteiger partial charge is 0.493 e. The molecule has 0 atom stereocenters. The number of nitro benzene ring substituents is 1. The minimum Gasteiger partial charge on any atom is -0.493 e. The molecule has 3 aromatic rings. The van der Waals surface area contributed by atoms with Gasteiger partial charge in [0.1, 0.15) is 17.8 Å². The quantitative estimate of drug-likeness (QED) is 0.314. The number of likely N-dealkylation sites (tertiary alicyclic amines) is 1. The standard InChI is InChI=1S/C25H30N6O6/c1-35-22-14-18-19(15-23(22)36-2)27-16-28-24(18)37-17-7-8-20(21(13-17)31(33)34)30(25(26)32)12-6-11-29-9-4-3-5-10-29/h7-8,13-16H,3-6,9-12H2,1-2H3,(H2,26,32). The molecule has 1 aromatic heterocycles. The van der Waals surface area contributed by atoms with Crippen LogP contribution in [0.1, 0.15) is 25.7 Å². The molecule has 1 aliphatic rings. The number of hydrogen-bond acceptors (Lipinski definition) is 9. The van der Waals surface area contributed by atoms with Crippen LogP contribution in [0.5, 0.6) is 23.1 Å². The third kappa shape index (κ3) is 5.97. The lowest BCUT2D eigenvalue weighted by Gasteiger charge is -2.27. The van der Waals surface area contributed by atoms with Gasteiger partial charge in [0, 0.05) is 12.6 Å². The highest BCUT2D eigenvalue weighted by molar-refractivity contribution is 5.93. The molecule has 4 rings (SSSR count). The number of nitrogens with zero attached hydrogens (tertiary/aromatic N) is 5. The number of urea groups is 1. The minimum absolute atomic E-state index is 0.113. The lowest BCUT2D eigenvalue weighted by atomic mass is 10.1. The highest BCUT2D eigenvalue weighted by Gasteiger charge is 2.25. The van der Waals surface area contributed by atoms with E-state index in [1.165, 1.54) is 50.1 Å². The average molecular weight is 511 g/mol. The van der Waals surface area contributed by atoms with Gasteiger partial charge in [-0.2, -0.15) is 0 Å². The second-order valence-electron chi connectivity index (χ2n) is 8.66. The van der Waals surface area contributed by atoms with E-state index in [4.69, 9.17) is 19.9 Å². The number of ether oxygens (including phenoxy) is 3. The molecule has 12 heteroatoms. The normalized spacial score (nSPS) is 13.8. The fraction of sp³-hybridized carbons (Fsp3) is 0.400. The van der Waals surface area contributed by atoms with E-state index in [1.54, 1.807) is 12.1 Å². The van der Waals surface area contributed by atoms with E-state index in [9.17, 15) is 14.9 Å². The SMILES string of the molecule is COc1cc2ncnc(Oc3ccc(N(CCCN4CCCCC4)C(N)=O)c([N+](=O)[O-])c3)c2cc1OC. The van der Waals surface area contributed by atoms with Crippen molar-refractivity contribution in [3.8, 4) is 23.1 Å². The zero-order chi connectivity index (χ0) is 26.4. The summed E-state index contributed by atoms with van der Waals surface area (Å²) in [4.78, 5) is 35.6. The van der Waals surface area contributed by atoms with Crippen LogP contribution in [0.25, 0.3) is 10.9 Å². The van der Waals surface area contributed by atoms with Gasteiger partial charge in [0.2, 0.25) is 5.88 Å². The number of amides is 2. The Morgan fingerprint density at radius 3 is 2.51 bits per heavy atom. The van der Waals surface area contributed by atoms with Crippen molar-refractivity contribution in [2.75, 3.05) is 45.3 Å². The maximum absolute atomic E-state index is 12.2. The second-order valence-corrected chi connectivity index (χ2v) is 8.66. The molecule has 0 spiro atoms. The third-order valence-electron chi connectivity index (χ3n) is 6.32. The molecule has 0 saturated carbocycles. The van der Waals surface area contributed by atoms with Crippen molar-refractivity contribution in [2.45, 2.75) is 25.7 Å². The van der Waals surface area contributed by atoms with E-state index < -0.39 is 11.0 Å². The Balaban J connectivity index is 1.59. The molecule has 2 N–H and O–H groups in total. The number of primary amides is 1. The molecule has 0 radical (unpaired) electrons. The van der Waals surface area contributed by atoms with Crippen molar-refractivity contribution in [3.05, 3.63) is 46.8 Å². The molecular weight excluding hydrogens is 480 g/mol. The number of nitro groups is 1. The van der Waals surface area contributed by atoms with Crippen molar-refractivity contribution in [1.29, 1.82) is 0 Å². The lowest BCUT2D eigenvalue weighted by molar-refractivity contribution is -0.384. The molecule has 1 fully saturated rings. The molecular formula is C25H30N6O6. The summed E-state index contributed by atoms with van der Waals surface area (Å²) in [6.45, 7) is 3.12. The number of piperidine rings is 1. The Hall–Kier alpha value is -4.19. The van der Waals surface area contributed by atoms with Crippen molar-refractivity contribution < 1.29 is 23.9 Å². The van der Waals surface area contributed by atoms with Gasteiger partial charge in [-0.25, -0.2) is 14.8 Å². The van der Waals surface area contributed by atoms with Crippen LogP contribution in [0.4, 0.5) is 16.2 Å². The van der Waals surface area contributed by atoms with Gasteiger partial charge in [-0.3, -0.25) is 15.0 Å². The topological polar surface area (TPSA) is 146 Å². The van der Waals surface area contributed by atoms with Gasteiger partial charge >= 0.3 is 6.03 Å². The Morgan fingerprint density at radius 2 is 1.84 bits per heavy atom. The number of benzene rings is 2. The van der Waals surface area contributed by atoms with E-state index in [2.05, 4.69) is 14.9 Å². The van der Waals surface area contributed by atoms with Crippen LogP contribution in [0.2, 0.25) is 0 Å². The Morgan fingerprint density at radius 1 is 1.11 bits per heavy atom. The van der Waals surface area contributed by atoms with E-state index in [1.807, 2.05) is 0 Å². The Bertz CT molecular complexity index is 1280. The number of rotatable bonds is 10. The van der Waals surface area contributed by atoms with Gasteiger partial charge < -0.3 is 24.8 Å². The number of hydrogen-bond donors (Lipinski definition) is 1. The van der Waals surface area contributed by atoms with Crippen molar-refractivity contribution in [2.24, 2.45) is 5.73 Å². The number of anilines is 1. The number of methoxy groups -OCH3 is 2. The smallest absolute Gasteiger partial charge is 0.319 e. The van der Waals surface area contributed by atoms with Crippen LogP contribution in [-0.2, 0) is 0 Å². The molecule has 196 valence electrons. The molecule has 12 nitrogen and oxygen atoms in total. The fourth-order valence-electron chi connectivity index (χ4n) is 4.48. The molecule has 37 heavy (non-hydrogen) atoms. The van der Waals surface area contributed by atoms with Gasteiger partial charge in [-0.15, -0.1) is 0 Å². The van der Waals surface area contributed by atoms with Crippen molar-refractivity contribution >= 4 is 28.3 Å². The summed E-state index contributed by atoms with van der Waals surface area (Å²) in [6, 6.07) is 6.86. The first-order chi connectivity index (χ1) is 17.9. The predicted molar refractivity (Wildman–Crippen MR) is 138 cm³/mol. The Kier molecular flexibility index (Phi) is 8.18. The van der Waals surface area contributed by atoms with Crippen LogP contribution in [0.15, 0.2) is 36.7 Å². The van der Waals surface area contributed by atoms with Crippen molar-refractivity contribution in [3.63, 3.8) is 0 Å². The number of nitrogens with two attached hydrogens (primary N) is 1. The number of aromatic nitrogens is 2. The van der Waals surface area contributed by atoms with E-state index >= 15 is 0 Å². The minimum atomic E-state index is -0.752. The van der Waals surface area contributed by atoms with Crippen LogP contribution in [0.3, 0.4) is 0 Å². The summed E-state index contributed by atoms with van der Waals surface area (Å²) >= 11 is 0. The van der Waals surface area contributed by atoms with E-state index in [0.717, 1.165) is 32.5 Å². The second kappa shape index (κ2) is 11.7. The number of fused-ring (bicyclic) bond motifs is 1. The van der Waals surface area contributed by atoms with E-state index in [0.29, 0.717) is 28.8 Å². The van der Waals surface area contributed by atoms with Gasteiger partial charge in [0.05, 0.1) is 36.1 Å². The van der Waals surface area contributed by atoms with Crippen LogP contribution in [-0.4, -0.2) is 66.2 Å². The van der Waals surface area contributed by atoms with Gasteiger partial charge in [-0.05, 0) is 57.1 Å². The van der Waals surface area contributed by atoms with Crippen LogP contribution in [0, 0.1) is 10.1 Å². The number of carbonyl (C=O) groups excluding carboxylic acids is 1. The molecule has 2 aromatic carbocycles. The van der Waals surface area contributed by atoms with Gasteiger partial charge in [-0.1, -0.05) is 6.42 Å². The first kappa shape index (κ1) is 25.9. The molecule has 1 aliphatic heterocycles. The molecule has 1 saturated heterocycles. The summed E-state index contributed by atoms with van der Waals surface area (Å²) in [5.74, 6) is 1.30. The first-order valence-electron chi connectivity index (χ1n) is 12.0. The zero-order valence-corrected chi connectivity index (χ0v) is 20.9. The van der Waals surface area contributed by atoms with Crippen molar-refractivity contribution in [1.82, 2.24) is 14.9 Å². The maximum atomic E-state index is 12.2. The Labute approximate surface area is 214 Å². The fourth-order valence-corrected chi connectivity index (χ4v) is 4.48. The first-order valence-corrected chi connectivity index (χ1v) is 12.0. The third-order valence-corrected chi connectivity index (χ3v) is 6.32. The summed E-state index contributed by atoms with van der Waals surface area (Å²) in [6.07, 6.45) is 5.53. The molecule has 2 amide bonds. The summed E-state index contributed by atoms with van der Waals surface area (Å²) < 4.78 is 16.6. The highest BCUT2D eigenvalue weighted by atomic mass is 16.6. The summed E-state index contributed by atoms with van der Waals surface area (Å²) in [7, 11) is 3.03. The van der Waals surface area contributed by atoms with E-state index in [-0.39, 0.29) is 29.5 Å². The maximum Gasteiger partial charge on any atom is 0.319 e. The summed E-state index contributed by atoms with van der Waals surface area (Å²) in [5.41, 5.74) is 5.97. The molecule has 2 heterocycles. The van der Waals surface area contributed by atoms with Gasteiger partial charge in [0.15, 0.2) is 11.5 Å². The van der Waals surface area contributed by atoms with Crippen LogP contribution >= 0.6 is 0 Å². The van der Waals surface area contributed by atoms with Gasteiger partial charge in [0.25, 0.3) is 5.69 Å². The molecule has 0 bridgehead atoms. The zero-order valence-electron chi connectivity index (χ0n) is 20.9. The van der Waals surface area contributed by atoms with Crippen LogP contribution < -0.4 is 24.8 Å². The lowest BCUT2D eigenvalue weighted by Crippen LogP contribution is -2.39. The highest BCUT2D eigenvalue weighted by Crippen LogP contribution is 2.38. The monoisotopic (exact) mass is 510 g/mol. The number of carbonyl (C=O) groups is 1. The molecule has 0 unspecified atom stereocenters. The predicted octanol–water partition coefficient (Wildman–Crippen LogP) is 4.11. The summed E-state index contributed by atoms with van der Waals surface area (Å²) in [5, 5.41) is 12.5. The average Bonchev–Trinajstić information content (AvgIpc) is 2.91. The molecule has 0 aliphatic carbocycles.